The highest BCUT2D eigenvalue weighted by Gasteiger charge is 2.34. The second-order valence-corrected chi connectivity index (χ2v) is 7.56. The molecule has 0 atom stereocenters. The van der Waals surface area contributed by atoms with Gasteiger partial charge in [0, 0.05) is 69.0 Å². The zero-order valence-electron chi connectivity index (χ0n) is 17.2. The fraction of sp³-hybridized carbons (Fsp3) is 0.381. The lowest BCUT2D eigenvalue weighted by Gasteiger charge is -2.35. The summed E-state index contributed by atoms with van der Waals surface area (Å²) in [5.74, 6) is -0.805. The molecule has 3 heterocycles. The monoisotopic (exact) mass is 434 g/mol. The van der Waals surface area contributed by atoms with Gasteiger partial charge in [0.05, 0.1) is 11.8 Å². The minimum atomic E-state index is -4.78. The number of halogens is 4. The molecule has 1 aliphatic heterocycles. The summed E-state index contributed by atoms with van der Waals surface area (Å²) in [6.45, 7) is 5.65. The Bertz CT molecular complexity index is 1070. The molecule has 164 valence electrons. The predicted molar refractivity (Wildman–Crippen MR) is 108 cm³/mol. The van der Waals surface area contributed by atoms with Crippen molar-refractivity contribution >= 4 is 5.82 Å². The molecule has 0 spiro atoms. The molecular formula is C21H22F4N6. The number of hydrogen-bond acceptors (Lipinski definition) is 5. The third kappa shape index (κ3) is 4.39. The van der Waals surface area contributed by atoms with E-state index in [-0.39, 0.29) is 5.56 Å². The summed E-state index contributed by atoms with van der Waals surface area (Å²) in [7, 11) is 1.91. The van der Waals surface area contributed by atoms with Crippen molar-refractivity contribution in [3.8, 4) is 11.3 Å². The summed E-state index contributed by atoms with van der Waals surface area (Å²) in [5, 5.41) is 4.27. The number of aryl methyl sites for hydroxylation is 1. The van der Waals surface area contributed by atoms with Gasteiger partial charge in [0.25, 0.3) is 0 Å². The fourth-order valence-corrected chi connectivity index (χ4v) is 3.71. The summed E-state index contributed by atoms with van der Waals surface area (Å²) in [5.41, 5.74) is 1.48. The van der Waals surface area contributed by atoms with Gasteiger partial charge in [0.1, 0.15) is 11.5 Å². The Morgan fingerprint density at radius 1 is 1.03 bits per heavy atom. The van der Waals surface area contributed by atoms with Gasteiger partial charge in [-0.25, -0.2) is 9.37 Å². The second kappa shape index (κ2) is 8.26. The third-order valence-electron chi connectivity index (χ3n) is 5.63. The van der Waals surface area contributed by atoms with Gasteiger partial charge in [0.2, 0.25) is 0 Å². The van der Waals surface area contributed by atoms with Gasteiger partial charge < -0.3 is 4.90 Å². The first-order valence-corrected chi connectivity index (χ1v) is 9.87. The van der Waals surface area contributed by atoms with Crippen molar-refractivity contribution in [2.24, 2.45) is 7.05 Å². The summed E-state index contributed by atoms with van der Waals surface area (Å²) < 4.78 is 55.0. The Morgan fingerprint density at radius 2 is 1.74 bits per heavy atom. The first-order chi connectivity index (χ1) is 14.7. The molecule has 0 N–H and O–H groups in total. The highest BCUT2D eigenvalue weighted by Crippen LogP contribution is 2.35. The van der Waals surface area contributed by atoms with Crippen molar-refractivity contribution in [2.75, 3.05) is 31.1 Å². The highest BCUT2D eigenvalue weighted by molar-refractivity contribution is 5.72. The van der Waals surface area contributed by atoms with Crippen LogP contribution in [0.5, 0.6) is 0 Å². The number of alkyl halides is 3. The van der Waals surface area contributed by atoms with Crippen LogP contribution in [0.3, 0.4) is 0 Å². The Morgan fingerprint density at radius 3 is 2.39 bits per heavy atom. The van der Waals surface area contributed by atoms with Gasteiger partial charge >= 0.3 is 6.18 Å². The Balaban J connectivity index is 1.53. The van der Waals surface area contributed by atoms with Crippen molar-refractivity contribution in [1.29, 1.82) is 0 Å². The van der Waals surface area contributed by atoms with Crippen molar-refractivity contribution in [2.45, 2.75) is 19.6 Å². The van der Waals surface area contributed by atoms with E-state index in [2.05, 4.69) is 20.0 Å². The lowest BCUT2D eigenvalue weighted by molar-refractivity contribution is -0.139. The van der Waals surface area contributed by atoms with Crippen LogP contribution in [-0.4, -0.2) is 50.8 Å². The Labute approximate surface area is 177 Å². The van der Waals surface area contributed by atoms with E-state index >= 15 is 0 Å². The molecular weight excluding hydrogens is 412 g/mol. The molecule has 31 heavy (non-hydrogen) atoms. The normalized spacial score (nSPS) is 15.5. The van der Waals surface area contributed by atoms with E-state index in [1.54, 1.807) is 0 Å². The number of hydrogen-bond donors (Lipinski definition) is 0. The molecule has 3 aromatic rings. The smallest absolute Gasteiger partial charge is 0.352 e. The van der Waals surface area contributed by atoms with Crippen LogP contribution in [0.1, 0.15) is 16.8 Å². The standard InChI is InChI=1S/C21H22F4N6/c1-14-16(12-28-29(14)2)13-30-7-9-31(10-8-30)20-19(26-5-6-27-20)15-3-4-18(22)17(11-15)21(23,24)25/h3-6,11-12H,7-10,13H2,1-2H3. The fourth-order valence-electron chi connectivity index (χ4n) is 3.71. The number of nitrogens with zero attached hydrogens (tertiary/aromatic N) is 6. The number of anilines is 1. The molecule has 2 aromatic heterocycles. The van der Waals surface area contributed by atoms with Crippen LogP contribution in [0.2, 0.25) is 0 Å². The van der Waals surface area contributed by atoms with E-state index in [1.807, 2.05) is 29.7 Å². The molecule has 0 bridgehead atoms. The van der Waals surface area contributed by atoms with E-state index in [4.69, 9.17) is 0 Å². The first kappa shape index (κ1) is 21.2. The summed E-state index contributed by atoms with van der Waals surface area (Å²) in [6.07, 6.45) is 0.0308. The van der Waals surface area contributed by atoms with Crippen molar-refractivity contribution in [3.63, 3.8) is 0 Å². The van der Waals surface area contributed by atoms with Crippen LogP contribution in [0.4, 0.5) is 23.4 Å². The molecule has 0 radical (unpaired) electrons. The first-order valence-electron chi connectivity index (χ1n) is 9.87. The Hall–Kier alpha value is -3.01. The van der Waals surface area contributed by atoms with Crippen molar-refractivity contribution in [1.82, 2.24) is 24.6 Å². The largest absolute Gasteiger partial charge is 0.419 e. The summed E-state index contributed by atoms with van der Waals surface area (Å²) in [6, 6.07) is 2.93. The predicted octanol–water partition coefficient (Wildman–Crippen LogP) is 3.67. The zero-order valence-corrected chi connectivity index (χ0v) is 17.2. The van der Waals surface area contributed by atoms with Crippen LogP contribution < -0.4 is 4.90 Å². The van der Waals surface area contributed by atoms with Crippen molar-refractivity contribution in [3.05, 3.63) is 59.4 Å². The van der Waals surface area contributed by atoms with E-state index < -0.39 is 17.6 Å². The van der Waals surface area contributed by atoms with Gasteiger partial charge in [-0.05, 0) is 25.1 Å². The number of benzene rings is 1. The Kier molecular flexibility index (Phi) is 5.65. The van der Waals surface area contributed by atoms with Crippen molar-refractivity contribution < 1.29 is 17.6 Å². The van der Waals surface area contributed by atoms with Gasteiger partial charge in [-0.3, -0.25) is 14.6 Å². The lowest BCUT2D eigenvalue weighted by atomic mass is 10.1. The molecule has 0 aliphatic carbocycles. The lowest BCUT2D eigenvalue weighted by Crippen LogP contribution is -2.46. The number of aromatic nitrogens is 4. The van der Waals surface area contributed by atoms with Gasteiger partial charge in [-0.1, -0.05) is 0 Å². The molecule has 4 rings (SSSR count). The van der Waals surface area contributed by atoms with Gasteiger partial charge in [0.15, 0.2) is 5.82 Å². The quantitative estimate of drug-likeness (QED) is 0.587. The SMILES string of the molecule is Cc1c(CN2CCN(c3nccnc3-c3ccc(F)c(C(F)(F)F)c3)CC2)cnn1C. The van der Waals surface area contributed by atoms with E-state index in [0.29, 0.717) is 24.6 Å². The van der Waals surface area contributed by atoms with Crippen LogP contribution in [0.15, 0.2) is 36.8 Å². The summed E-state index contributed by atoms with van der Waals surface area (Å²) in [4.78, 5) is 12.9. The van der Waals surface area contributed by atoms with Crippen LogP contribution in [-0.2, 0) is 19.8 Å². The minimum Gasteiger partial charge on any atom is -0.352 e. The highest BCUT2D eigenvalue weighted by atomic mass is 19.4. The minimum absolute atomic E-state index is 0.185. The van der Waals surface area contributed by atoms with E-state index in [9.17, 15) is 17.6 Å². The molecule has 1 aromatic carbocycles. The zero-order chi connectivity index (χ0) is 22.2. The maximum Gasteiger partial charge on any atom is 0.419 e. The number of rotatable bonds is 4. The average Bonchev–Trinajstić information content (AvgIpc) is 3.06. The van der Waals surface area contributed by atoms with Gasteiger partial charge in [-0.2, -0.15) is 18.3 Å². The average molecular weight is 434 g/mol. The molecule has 0 saturated carbocycles. The van der Waals surface area contributed by atoms with Crippen LogP contribution in [0, 0.1) is 12.7 Å². The molecule has 1 saturated heterocycles. The molecule has 1 aliphatic rings. The third-order valence-corrected chi connectivity index (χ3v) is 5.63. The maximum atomic E-state index is 13.7. The number of piperazine rings is 1. The maximum absolute atomic E-state index is 13.7. The molecule has 0 amide bonds. The van der Waals surface area contributed by atoms with E-state index in [0.717, 1.165) is 37.5 Å². The second-order valence-electron chi connectivity index (χ2n) is 7.56. The summed E-state index contributed by atoms with van der Waals surface area (Å²) >= 11 is 0. The van der Waals surface area contributed by atoms with Crippen LogP contribution >= 0.6 is 0 Å². The molecule has 0 unspecified atom stereocenters. The molecule has 6 nitrogen and oxygen atoms in total. The molecule has 1 fully saturated rings. The van der Waals surface area contributed by atoms with Gasteiger partial charge in [-0.15, -0.1) is 0 Å². The van der Waals surface area contributed by atoms with E-state index in [1.165, 1.54) is 24.0 Å². The topological polar surface area (TPSA) is 50.1 Å². The van der Waals surface area contributed by atoms with Crippen LogP contribution in [0.25, 0.3) is 11.3 Å². The molecule has 10 heteroatoms.